The lowest BCUT2D eigenvalue weighted by Gasteiger charge is -2.23. The molecule has 5 nitrogen and oxygen atoms in total. The summed E-state index contributed by atoms with van der Waals surface area (Å²) in [5, 5.41) is 6.26. The van der Waals surface area contributed by atoms with Gasteiger partial charge in [0.25, 0.3) is 5.91 Å². The van der Waals surface area contributed by atoms with Gasteiger partial charge in [-0.3, -0.25) is 9.48 Å². The third-order valence-electron chi connectivity index (χ3n) is 3.54. The van der Waals surface area contributed by atoms with E-state index in [0.717, 1.165) is 10.9 Å². The summed E-state index contributed by atoms with van der Waals surface area (Å²) in [6, 6.07) is 9.14. The first kappa shape index (κ1) is 19.8. The third kappa shape index (κ3) is 5.00. The van der Waals surface area contributed by atoms with Gasteiger partial charge in [0, 0.05) is 6.54 Å². The number of rotatable bonds is 6. The summed E-state index contributed by atoms with van der Waals surface area (Å²) < 4.78 is 46.5. The zero-order valence-electron chi connectivity index (χ0n) is 14.9. The molecule has 142 valence electrons. The molecule has 0 atom stereocenters. The Hall–Kier alpha value is -2.51. The summed E-state index contributed by atoms with van der Waals surface area (Å²) in [7, 11) is 0. The number of para-hydroxylation sites is 1. The molecule has 1 aromatic carbocycles. The number of nitrogens with one attached hydrogen (secondary N) is 1. The van der Waals surface area contributed by atoms with Crippen molar-refractivity contribution in [1.29, 1.82) is 0 Å². The molecule has 1 aromatic heterocycles. The summed E-state index contributed by atoms with van der Waals surface area (Å²) in [5.74, 6) is -0.0998. The van der Waals surface area contributed by atoms with Gasteiger partial charge >= 0.3 is 6.18 Å². The average Bonchev–Trinajstić information content (AvgIpc) is 3.01. The molecule has 0 aliphatic carbocycles. The largest absolute Gasteiger partial charge is 0.494 e. The van der Waals surface area contributed by atoms with Crippen molar-refractivity contribution in [2.24, 2.45) is 0 Å². The van der Waals surface area contributed by atoms with Gasteiger partial charge in [-0.15, -0.1) is 0 Å². The van der Waals surface area contributed by atoms with Crippen molar-refractivity contribution in [2.75, 3.05) is 13.2 Å². The summed E-state index contributed by atoms with van der Waals surface area (Å²) in [6.07, 6.45) is -3.24. The van der Waals surface area contributed by atoms with Gasteiger partial charge in [0.05, 0.1) is 23.9 Å². The maximum atomic E-state index is 13.4. The van der Waals surface area contributed by atoms with Crippen LogP contribution in [0.1, 0.15) is 43.2 Å². The molecular weight excluding hydrogens is 347 g/mol. The predicted octanol–water partition coefficient (Wildman–Crippen LogP) is 3.86. The molecule has 0 radical (unpaired) electrons. The Labute approximate surface area is 150 Å². The Bertz CT molecular complexity index is 734. The van der Waals surface area contributed by atoms with Gasteiger partial charge in [-0.05, 0) is 39.3 Å². The Morgan fingerprint density at radius 3 is 2.42 bits per heavy atom. The molecule has 0 aliphatic rings. The minimum Gasteiger partial charge on any atom is -0.494 e. The Morgan fingerprint density at radius 1 is 1.19 bits per heavy atom. The highest BCUT2D eigenvalue weighted by Crippen LogP contribution is 2.34. The topological polar surface area (TPSA) is 56.2 Å². The highest BCUT2D eigenvalue weighted by molar-refractivity contribution is 5.95. The number of alkyl halides is 3. The number of carbonyl (C=O) groups excluding carboxylic acids is 1. The average molecular weight is 369 g/mol. The van der Waals surface area contributed by atoms with E-state index in [1.54, 1.807) is 32.9 Å². The number of nitrogens with zero attached hydrogens (tertiary/aromatic N) is 2. The fraction of sp³-hybridized carbons (Fsp3) is 0.444. The van der Waals surface area contributed by atoms with Crippen LogP contribution >= 0.6 is 0 Å². The molecule has 8 heteroatoms. The Morgan fingerprint density at radius 2 is 1.85 bits per heavy atom. The smallest absolute Gasteiger partial charge is 0.433 e. The highest BCUT2D eigenvalue weighted by Gasteiger charge is 2.42. The summed E-state index contributed by atoms with van der Waals surface area (Å²) in [5.41, 5.74) is -2.41. The van der Waals surface area contributed by atoms with Crippen molar-refractivity contribution < 1.29 is 22.7 Å². The van der Waals surface area contributed by atoms with Gasteiger partial charge in [0.15, 0.2) is 5.69 Å². The van der Waals surface area contributed by atoms with Gasteiger partial charge < -0.3 is 10.1 Å². The van der Waals surface area contributed by atoms with Crippen molar-refractivity contribution in [3.63, 3.8) is 0 Å². The molecule has 0 saturated carbocycles. The zero-order chi connectivity index (χ0) is 19.4. The van der Waals surface area contributed by atoms with Crippen molar-refractivity contribution in [2.45, 2.75) is 38.9 Å². The number of ether oxygens (including phenoxy) is 1. The second kappa shape index (κ2) is 7.80. The molecule has 1 amide bonds. The summed E-state index contributed by atoms with van der Waals surface area (Å²) >= 11 is 0. The van der Waals surface area contributed by atoms with Crippen molar-refractivity contribution in [3.8, 4) is 5.75 Å². The van der Waals surface area contributed by atoms with Crippen molar-refractivity contribution >= 4 is 5.91 Å². The monoisotopic (exact) mass is 369 g/mol. The molecule has 0 bridgehead atoms. The third-order valence-corrected chi connectivity index (χ3v) is 3.54. The van der Waals surface area contributed by atoms with Crippen LogP contribution in [0, 0.1) is 0 Å². The van der Waals surface area contributed by atoms with Gasteiger partial charge in [-0.25, -0.2) is 0 Å². The zero-order valence-corrected chi connectivity index (χ0v) is 14.9. The van der Waals surface area contributed by atoms with Crippen LogP contribution in [0.4, 0.5) is 13.2 Å². The molecule has 1 heterocycles. The highest BCUT2D eigenvalue weighted by atomic mass is 19.4. The second-order valence-corrected chi connectivity index (χ2v) is 6.76. The lowest BCUT2D eigenvalue weighted by molar-refractivity contribution is -0.146. The van der Waals surface area contributed by atoms with E-state index in [1.165, 1.54) is 0 Å². The fourth-order valence-corrected chi connectivity index (χ4v) is 2.37. The minimum absolute atomic E-state index is 0.198. The molecule has 0 unspecified atom stereocenters. The Kier molecular flexibility index (Phi) is 5.94. The predicted molar refractivity (Wildman–Crippen MR) is 91.1 cm³/mol. The lowest BCUT2D eigenvalue weighted by atomic mass is 10.1. The van der Waals surface area contributed by atoms with Crippen LogP contribution in [0.5, 0.6) is 5.75 Å². The van der Waals surface area contributed by atoms with Crippen LogP contribution in [0.3, 0.4) is 0 Å². The lowest BCUT2D eigenvalue weighted by Crippen LogP contribution is -2.32. The Balaban J connectivity index is 1.96. The molecule has 0 spiro atoms. The van der Waals surface area contributed by atoms with E-state index in [1.807, 2.05) is 18.2 Å². The first-order chi connectivity index (χ1) is 12.1. The van der Waals surface area contributed by atoms with Crippen LogP contribution in [0.2, 0.25) is 0 Å². The number of hydrogen-bond acceptors (Lipinski definition) is 3. The normalized spacial score (nSPS) is 12.1. The van der Waals surface area contributed by atoms with E-state index in [0.29, 0.717) is 18.8 Å². The fourth-order valence-electron chi connectivity index (χ4n) is 2.37. The maximum Gasteiger partial charge on any atom is 0.433 e. The molecule has 2 rings (SSSR count). The van der Waals surface area contributed by atoms with Gasteiger partial charge in [-0.2, -0.15) is 18.3 Å². The van der Waals surface area contributed by atoms with Crippen molar-refractivity contribution in [1.82, 2.24) is 15.1 Å². The number of hydrogen-bond donors (Lipinski definition) is 1. The van der Waals surface area contributed by atoms with Crippen LogP contribution in [0.15, 0.2) is 36.5 Å². The molecule has 0 saturated heterocycles. The van der Waals surface area contributed by atoms with Crippen LogP contribution < -0.4 is 10.1 Å². The molecule has 26 heavy (non-hydrogen) atoms. The van der Waals surface area contributed by atoms with Gasteiger partial charge in [0.2, 0.25) is 0 Å². The number of aromatic nitrogens is 2. The molecular formula is C18H22F3N3O2. The molecule has 0 aliphatic heterocycles. The molecule has 2 aromatic rings. The second-order valence-electron chi connectivity index (χ2n) is 6.76. The summed E-state index contributed by atoms with van der Waals surface area (Å²) in [4.78, 5) is 12.2. The molecule has 1 N–H and O–H groups in total. The number of benzene rings is 1. The quantitative estimate of drug-likeness (QED) is 0.787. The van der Waals surface area contributed by atoms with Crippen LogP contribution in [-0.4, -0.2) is 28.8 Å². The van der Waals surface area contributed by atoms with Crippen LogP contribution in [0.25, 0.3) is 0 Å². The molecule has 0 fully saturated rings. The van der Waals surface area contributed by atoms with E-state index >= 15 is 0 Å². The van der Waals surface area contributed by atoms with Gasteiger partial charge in [-0.1, -0.05) is 18.2 Å². The first-order valence-electron chi connectivity index (χ1n) is 8.22. The van der Waals surface area contributed by atoms with Gasteiger partial charge in [0.1, 0.15) is 5.75 Å². The van der Waals surface area contributed by atoms with Crippen LogP contribution in [-0.2, 0) is 11.7 Å². The number of amides is 1. The van der Waals surface area contributed by atoms with Crippen molar-refractivity contribution in [3.05, 3.63) is 47.8 Å². The van der Waals surface area contributed by atoms with E-state index in [-0.39, 0.29) is 6.54 Å². The maximum absolute atomic E-state index is 13.4. The van der Waals surface area contributed by atoms with E-state index in [9.17, 15) is 18.0 Å². The van der Waals surface area contributed by atoms with E-state index in [4.69, 9.17) is 4.74 Å². The SMILES string of the molecule is CC(C)(C)n1ncc(C(=O)NCCCOc2ccccc2)c1C(F)(F)F. The number of halogens is 3. The standard InChI is InChI=1S/C18H22F3N3O2/c1-17(2,3)24-15(18(19,20)21)14(12-23-24)16(25)22-10-7-11-26-13-8-5-4-6-9-13/h4-6,8-9,12H,7,10-11H2,1-3H3,(H,22,25). The summed E-state index contributed by atoms with van der Waals surface area (Å²) in [6.45, 7) is 5.33. The van der Waals surface area contributed by atoms with E-state index < -0.39 is 28.9 Å². The van der Waals surface area contributed by atoms with E-state index in [2.05, 4.69) is 10.4 Å². The number of carbonyl (C=O) groups is 1. The minimum atomic E-state index is -4.67. The first-order valence-corrected chi connectivity index (χ1v) is 8.22.